The van der Waals surface area contributed by atoms with Crippen molar-refractivity contribution in [3.63, 3.8) is 0 Å². The summed E-state index contributed by atoms with van der Waals surface area (Å²) in [5.41, 5.74) is 5.48. The molecule has 9 aromatic rings. The molecule has 0 atom stereocenters. The van der Waals surface area contributed by atoms with Gasteiger partial charge in [0.2, 0.25) is 5.95 Å². The van der Waals surface area contributed by atoms with Gasteiger partial charge in [-0.15, -0.1) is 11.3 Å². The van der Waals surface area contributed by atoms with Gasteiger partial charge in [-0.1, -0.05) is 91.0 Å². The number of rotatable bonds is 2. The molecule has 0 N–H and O–H groups in total. The first kappa shape index (κ1) is 21.0. The maximum absolute atomic E-state index is 5.41. The molecular weight excluding hydrogens is 496 g/mol. The van der Waals surface area contributed by atoms with Gasteiger partial charge in [-0.05, 0) is 30.3 Å². The number of benzene rings is 5. The highest BCUT2D eigenvalue weighted by Gasteiger charge is 2.22. The molecule has 0 spiro atoms. The summed E-state index contributed by atoms with van der Waals surface area (Å²) < 4.78 is 6.84. The van der Waals surface area contributed by atoms with Gasteiger partial charge < -0.3 is 0 Å². The Hall–Kier alpha value is -5.00. The van der Waals surface area contributed by atoms with Gasteiger partial charge in [-0.2, -0.15) is 4.98 Å². The van der Waals surface area contributed by atoms with Crippen molar-refractivity contribution in [2.75, 3.05) is 0 Å². The van der Waals surface area contributed by atoms with E-state index in [0.717, 1.165) is 43.5 Å². The van der Waals surface area contributed by atoms with E-state index < -0.39 is 0 Å². The van der Waals surface area contributed by atoms with Gasteiger partial charge >= 0.3 is 0 Å². The van der Waals surface area contributed by atoms with Gasteiger partial charge in [0.25, 0.3) is 0 Å². The molecule has 4 heterocycles. The van der Waals surface area contributed by atoms with E-state index in [-0.39, 0.29) is 0 Å². The minimum Gasteiger partial charge on any atom is -0.292 e. The monoisotopic (exact) mass is 516 g/mol. The molecule has 0 aliphatic carbocycles. The fourth-order valence-corrected chi connectivity index (χ4v) is 7.23. The molecule has 0 amide bonds. The van der Waals surface area contributed by atoms with Crippen molar-refractivity contribution < 1.29 is 0 Å². The molecule has 0 saturated heterocycles. The zero-order valence-corrected chi connectivity index (χ0v) is 21.6. The summed E-state index contributed by atoms with van der Waals surface area (Å²) in [4.78, 5) is 10.7. The van der Waals surface area contributed by atoms with Gasteiger partial charge in [-0.3, -0.25) is 9.13 Å². The van der Waals surface area contributed by atoms with E-state index in [1.165, 1.54) is 26.2 Å². The number of thiophene rings is 1. The average Bonchev–Trinajstić information content (AvgIpc) is 3.65. The molecule has 9 rings (SSSR count). The minimum atomic E-state index is 0.681. The van der Waals surface area contributed by atoms with Crippen molar-refractivity contribution in [3.8, 4) is 11.8 Å². The van der Waals surface area contributed by atoms with Crippen LogP contribution < -0.4 is 0 Å². The topological polar surface area (TPSA) is 35.6 Å². The molecule has 5 aromatic carbocycles. The molecule has 182 valence electrons. The van der Waals surface area contributed by atoms with Gasteiger partial charge in [0.05, 0.1) is 32.3 Å². The summed E-state index contributed by atoms with van der Waals surface area (Å²) in [6.45, 7) is 0. The Bertz CT molecular complexity index is 2300. The lowest BCUT2D eigenvalue weighted by Crippen LogP contribution is -2.06. The summed E-state index contributed by atoms with van der Waals surface area (Å²) in [6, 6.07) is 42.8. The number of nitrogens with zero attached hydrogens (tertiary/aromatic N) is 4. The molecular formula is C34H20N4S. The maximum atomic E-state index is 5.41. The van der Waals surface area contributed by atoms with Crippen LogP contribution in [0.2, 0.25) is 0 Å². The van der Waals surface area contributed by atoms with Crippen LogP contribution in [0.3, 0.4) is 0 Å². The van der Waals surface area contributed by atoms with Crippen LogP contribution in [-0.2, 0) is 0 Å². The Labute approximate surface area is 227 Å². The fourth-order valence-electron chi connectivity index (χ4n) is 6.11. The molecule has 0 radical (unpaired) electrons. The normalized spacial score (nSPS) is 12.1. The third-order valence-electron chi connectivity index (χ3n) is 7.76. The molecule has 0 unspecified atom stereocenters. The van der Waals surface area contributed by atoms with Crippen LogP contribution in [0.25, 0.3) is 75.7 Å². The van der Waals surface area contributed by atoms with Crippen molar-refractivity contribution in [1.82, 2.24) is 19.1 Å². The lowest BCUT2D eigenvalue weighted by atomic mass is 10.2. The third-order valence-corrected chi connectivity index (χ3v) is 8.92. The Morgan fingerprint density at radius 2 is 0.872 bits per heavy atom. The zero-order chi connectivity index (χ0) is 25.5. The van der Waals surface area contributed by atoms with Crippen LogP contribution in [0.5, 0.6) is 0 Å². The molecule has 39 heavy (non-hydrogen) atoms. The smallest absolute Gasteiger partial charge is 0.237 e. The van der Waals surface area contributed by atoms with Gasteiger partial charge in [0.1, 0.15) is 0 Å². The van der Waals surface area contributed by atoms with Gasteiger partial charge in [-0.25, -0.2) is 4.98 Å². The van der Waals surface area contributed by atoms with Crippen molar-refractivity contribution in [2.45, 2.75) is 0 Å². The molecule has 0 saturated carbocycles. The Morgan fingerprint density at radius 1 is 0.436 bits per heavy atom. The van der Waals surface area contributed by atoms with Crippen LogP contribution in [-0.4, -0.2) is 19.1 Å². The second-order valence-corrected chi connectivity index (χ2v) is 10.9. The van der Waals surface area contributed by atoms with Crippen molar-refractivity contribution in [1.29, 1.82) is 0 Å². The van der Waals surface area contributed by atoms with Crippen LogP contribution in [0.15, 0.2) is 121 Å². The largest absolute Gasteiger partial charge is 0.292 e. The van der Waals surface area contributed by atoms with E-state index in [1.54, 1.807) is 11.3 Å². The maximum Gasteiger partial charge on any atom is 0.237 e. The molecule has 0 aliphatic heterocycles. The standard InChI is InChI=1S/C34H20N4S/c1-6-16-26-21(11-1)22-12-2-7-17-27(22)37(26)33-32-31(25-15-5-10-20-30(25)39-32)35-34(36-33)38-28-18-8-3-13-23(28)24-14-4-9-19-29(24)38/h1-20H. The van der Waals surface area contributed by atoms with Crippen molar-refractivity contribution >= 4 is 75.3 Å². The third kappa shape index (κ3) is 2.82. The van der Waals surface area contributed by atoms with Gasteiger partial charge in [0, 0.05) is 31.6 Å². The number of para-hydroxylation sites is 4. The summed E-state index contributed by atoms with van der Waals surface area (Å²) in [7, 11) is 0. The van der Waals surface area contributed by atoms with Crippen LogP contribution in [0, 0.1) is 0 Å². The Morgan fingerprint density at radius 3 is 1.41 bits per heavy atom. The first-order valence-electron chi connectivity index (χ1n) is 13.0. The lowest BCUT2D eigenvalue weighted by Gasteiger charge is -2.12. The first-order chi connectivity index (χ1) is 19.4. The summed E-state index contributed by atoms with van der Waals surface area (Å²) >= 11 is 1.76. The van der Waals surface area contributed by atoms with E-state index in [2.05, 4.69) is 130 Å². The van der Waals surface area contributed by atoms with Crippen LogP contribution in [0.4, 0.5) is 0 Å². The number of hydrogen-bond acceptors (Lipinski definition) is 3. The van der Waals surface area contributed by atoms with E-state index in [1.807, 2.05) is 0 Å². The molecule has 5 heteroatoms. The fraction of sp³-hybridized carbons (Fsp3) is 0. The average molecular weight is 517 g/mol. The van der Waals surface area contributed by atoms with Crippen LogP contribution in [0.1, 0.15) is 0 Å². The molecule has 4 aromatic heterocycles. The minimum absolute atomic E-state index is 0.681. The number of fused-ring (bicyclic) bond motifs is 9. The second kappa shape index (κ2) is 7.76. The molecule has 0 aliphatic rings. The second-order valence-electron chi connectivity index (χ2n) is 9.86. The lowest BCUT2D eigenvalue weighted by molar-refractivity contribution is 0.976. The predicted molar refractivity (Wildman–Crippen MR) is 164 cm³/mol. The number of hydrogen-bond donors (Lipinski definition) is 0. The van der Waals surface area contributed by atoms with Crippen LogP contribution >= 0.6 is 11.3 Å². The highest BCUT2D eigenvalue weighted by Crippen LogP contribution is 2.40. The quantitative estimate of drug-likeness (QED) is 0.230. The first-order valence-corrected chi connectivity index (χ1v) is 13.8. The van der Waals surface area contributed by atoms with Crippen molar-refractivity contribution in [3.05, 3.63) is 121 Å². The SMILES string of the molecule is c1ccc2c(c1)sc1c(-n3c4ccccc4c4ccccc43)nc(-n3c4ccccc4c4ccccc43)nc12. The Balaban J connectivity index is 1.50. The molecule has 0 bridgehead atoms. The van der Waals surface area contributed by atoms with E-state index in [0.29, 0.717) is 5.95 Å². The van der Waals surface area contributed by atoms with E-state index in [9.17, 15) is 0 Å². The summed E-state index contributed by atoms with van der Waals surface area (Å²) in [5, 5.41) is 6.00. The molecule has 4 nitrogen and oxygen atoms in total. The number of aromatic nitrogens is 4. The van der Waals surface area contributed by atoms with Crippen molar-refractivity contribution in [2.24, 2.45) is 0 Å². The zero-order valence-electron chi connectivity index (χ0n) is 20.7. The Kier molecular flexibility index (Phi) is 4.18. The highest BCUT2D eigenvalue weighted by molar-refractivity contribution is 7.26. The summed E-state index contributed by atoms with van der Waals surface area (Å²) in [5.74, 6) is 1.59. The van der Waals surface area contributed by atoms with E-state index >= 15 is 0 Å². The summed E-state index contributed by atoms with van der Waals surface area (Å²) in [6.07, 6.45) is 0. The van der Waals surface area contributed by atoms with E-state index in [4.69, 9.17) is 9.97 Å². The molecule has 0 fully saturated rings. The predicted octanol–water partition coefficient (Wildman–Crippen LogP) is 9.04. The highest BCUT2D eigenvalue weighted by atomic mass is 32.1. The van der Waals surface area contributed by atoms with Gasteiger partial charge in [0.15, 0.2) is 5.82 Å².